The molecule has 31 heavy (non-hydrogen) atoms. The normalized spacial score (nSPS) is 11.4. The van der Waals surface area contributed by atoms with E-state index in [1.54, 1.807) is 34.0 Å². The molecule has 3 aromatic rings. The van der Waals surface area contributed by atoms with E-state index in [-0.39, 0.29) is 0 Å². The molecule has 0 aliphatic rings. The zero-order chi connectivity index (χ0) is 22.2. The summed E-state index contributed by atoms with van der Waals surface area (Å²) in [5.74, 6) is 0. The van der Waals surface area contributed by atoms with Crippen LogP contribution in [0.15, 0.2) is 25.8 Å². The van der Waals surface area contributed by atoms with Crippen LogP contribution in [-0.4, -0.2) is 6.29 Å². The summed E-state index contributed by atoms with van der Waals surface area (Å²) in [6.07, 6.45) is 13.4. The van der Waals surface area contributed by atoms with Gasteiger partial charge in [0, 0.05) is 20.2 Å². The minimum atomic E-state index is 0.806. The molecule has 3 heterocycles. The molecule has 168 valence electrons. The number of rotatable bonds is 13. The Morgan fingerprint density at radius 3 is 1.77 bits per heavy atom. The topological polar surface area (TPSA) is 17.1 Å². The van der Waals surface area contributed by atoms with Crippen LogP contribution >= 0.6 is 65.9 Å². The molecule has 0 bridgehead atoms. The summed E-state index contributed by atoms with van der Waals surface area (Å²) < 4.78 is 2.44. The van der Waals surface area contributed by atoms with Gasteiger partial charge in [0.15, 0.2) is 6.29 Å². The first-order chi connectivity index (χ1) is 15.1. The third kappa shape index (κ3) is 6.86. The molecule has 0 aliphatic carbocycles. The Hall–Kier alpha value is -0.270. The summed E-state index contributed by atoms with van der Waals surface area (Å²) in [7, 11) is 0. The molecule has 0 saturated carbocycles. The highest BCUT2D eigenvalue weighted by molar-refractivity contribution is 9.11. The summed E-state index contributed by atoms with van der Waals surface area (Å²) >= 11 is 12.8. The Morgan fingerprint density at radius 2 is 1.23 bits per heavy atom. The minimum absolute atomic E-state index is 0.806. The van der Waals surface area contributed by atoms with Crippen LogP contribution in [0, 0.1) is 0 Å². The lowest BCUT2D eigenvalue weighted by Crippen LogP contribution is -1.83. The second kappa shape index (κ2) is 12.8. The summed E-state index contributed by atoms with van der Waals surface area (Å²) in [6, 6.07) is 6.67. The average molecular weight is 603 g/mol. The van der Waals surface area contributed by atoms with Crippen LogP contribution in [0.25, 0.3) is 19.5 Å². The Balaban J connectivity index is 1.78. The molecule has 0 spiro atoms. The van der Waals surface area contributed by atoms with Gasteiger partial charge in [-0.15, -0.1) is 34.0 Å². The van der Waals surface area contributed by atoms with Gasteiger partial charge < -0.3 is 0 Å². The predicted octanol–water partition coefficient (Wildman–Crippen LogP) is 10.8. The number of carbonyl (C=O) groups excluding carboxylic acids is 1. The first kappa shape index (κ1) is 25.4. The Labute approximate surface area is 215 Å². The van der Waals surface area contributed by atoms with Gasteiger partial charge >= 0.3 is 0 Å². The molecule has 0 aliphatic heterocycles. The minimum Gasteiger partial charge on any atom is -0.298 e. The van der Waals surface area contributed by atoms with Gasteiger partial charge in [0.2, 0.25) is 0 Å². The van der Waals surface area contributed by atoms with Gasteiger partial charge in [-0.2, -0.15) is 0 Å². The Morgan fingerprint density at radius 1 is 0.710 bits per heavy atom. The summed E-state index contributed by atoms with van der Waals surface area (Å²) in [5.41, 5.74) is 3.57. The molecular formula is C25H30Br2OS3. The number of hydrogen-bond acceptors (Lipinski definition) is 4. The van der Waals surface area contributed by atoms with Crippen molar-refractivity contribution in [3.8, 4) is 19.5 Å². The molecule has 0 aromatic carbocycles. The summed E-state index contributed by atoms with van der Waals surface area (Å²) in [5, 5.41) is 0. The monoisotopic (exact) mass is 600 g/mol. The highest BCUT2D eigenvalue weighted by Crippen LogP contribution is 2.46. The molecule has 3 aromatic heterocycles. The molecule has 0 atom stereocenters. The number of halogens is 2. The van der Waals surface area contributed by atoms with Gasteiger partial charge in [-0.1, -0.05) is 52.4 Å². The van der Waals surface area contributed by atoms with Crippen molar-refractivity contribution >= 4 is 72.2 Å². The molecule has 0 fully saturated rings. The lowest BCUT2D eigenvalue weighted by molar-refractivity contribution is 0.112. The molecule has 0 N–H and O–H groups in total. The van der Waals surface area contributed by atoms with Crippen molar-refractivity contribution in [3.63, 3.8) is 0 Å². The number of aryl methyl sites for hydroxylation is 2. The SMILES string of the molecule is CCCCCCc1cc(-c2cc(C=O)c(-c3cc(CCCCCC)c(Br)s3)s2)sc1Br. The fourth-order valence-corrected chi connectivity index (χ4v) is 8.54. The predicted molar refractivity (Wildman–Crippen MR) is 147 cm³/mol. The quantitative estimate of drug-likeness (QED) is 0.141. The second-order valence-corrected chi connectivity index (χ2v) is 13.7. The zero-order valence-corrected chi connectivity index (χ0v) is 23.9. The maximum atomic E-state index is 11.8. The molecule has 0 amide bonds. The number of unbranched alkanes of at least 4 members (excludes halogenated alkanes) is 6. The van der Waals surface area contributed by atoms with Crippen molar-refractivity contribution in [1.29, 1.82) is 0 Å². The number of thiophene rings is 3. The van der Waals surface area contributed by atoms with Crippen molar-refractivity contribution in [2.45, 2.75) is 78.1 Å². The van der Waals surface area contributed by atoms with Crippen LogP contribution in [0.5, 0.6) is 0 Å². The third-order valence-corrected chi connectivity index (χ3v) is 10.9. The zero-order valence-electron chi connectivity index (χ0n) is 18.3. The van der Waals surface area contributed by atoms with Crippen molar-refractivity contribution in [3.05, 3.63) is 42.5 Å². The van der Waals surface area contributed by atoms with E-state index >= 15 is 0 Å². The molecule has 6 heteroatoms. The molecular weight excluding hydrogens is 572 g/mol. The van der Waals surface area contributed by atoms with Crippen molar-refractivity contribution < 1.29 is 4.79 Å². The van der Waals surface area contributed by atoms with E-state index in [0.717, 1.165) is 29.6 Å². The van der Waals surface area contributed by atoms with Crippen LogP contribution in [0.4, 0.5) is 0 Å². The van der Waals surface area contributed by atoms with Gasteiger partial charge in [0.25, 0.3) is 0 Å². The van der Waals surface area contributed by atoms with E-state index in [1.807, 2.05) is 0 Å². The maximum absolute atomic E-state index is 11.8. The van der Waals surface area contributed by atoms with E-state index in [1.165, 1.54) is 84.7 Å². The van der Waals surface area contributed by atoms with Crippen molar-refractivity contribution in [1.82, 2.24) is 0 Å². The van der Waals surface area contributed by atoms with E-state index in [4.69, 9.17) is 0 Å². The van der Waals surface area contributed by atoms with Gasteiger partial charge in [-0.25, -0.2) is 0 Å². The first-order valence-corrected chi connectivity index (χ1v) is 15.3. The van der Waals surface area contributed by atoms with Crippen molar-refractivity contribution in [2.24, 2.45) is 0 Å². The van der Waals surface area contributed by atoms with Crippen molar-refractivity contribution in [2.75, 3.05) is 0 Å². The lowest BCUT2D eigenvalue weighted by atomic mass is 10.1. The number of carbonyl (C=O) groups is 1. The van der Waals surface area contributed by atoms with Gasteiger partial charge in [-0.3, -0.25) is 4.79 Å². The molecule has 3 rings (SSSR count). The maximum Gasteiger partial charge on any atom is 0.151 e. The van der Waals surface area contributed by atoms with Crippen LogP contribution in [0.1, 0.15) is 86.7 Å². The summed E-state index contributed by atoms with van der Waals surface area (Å²) in [6.45, 7) is 4.49. The van der Waals surface area contributed by atoms with Gasteiger partial charge in [0.05, 0.1) is 12.4 Å². The second-order valence-electron chi connectivity index (χ2n) is 7.95. The van der Waals surface area contributed by atoms with E-state index < -0.39 is 0 Å². The Bertz CT molecular complexity index is 983. The number of hydrogen-bond donors (Lipinski definition) is 0. The van der Waals surface area contributed by atoms with Gasteiger partial charge in [0.1, 0.15) is 0 Å². The van der Waals surface area contributed by atoms with E-state index in [2.05, 4.69) is 63.9 Å². The first-order valence-electron chi connectivity index (χ1n) is 11.2. The third-order valence-electron chi connectivity index (χ3n) is 5.47. The smallest absolute Gasteiger partial charge is 0.151 e. The molecule has 1 nitrogen and oxygen atoms in total. The largest absolute Gasteiger partial charge is 0.298 e. The van der Waals surface area contributed by atoms with Crippen LogP contribution in [0.2, 0.25) is 0 Å². The highest BCUT2D eigenvalue weighted by Gasteiger charge is 2.18. The van der Waals surface area contributed by atoms with Gasteiger partial charge in [-0.05, 0) is 86.9 Å². The molecule has 0 radical (unpaired) electrons. The standard InChI is InChI=1S/C25H30Br2OS3/c1-3-5-7-9-11-17-13-21(30-24(17)26)20-15-19(16-28)23(29-20)22-14-18(25(27)31-22)12-10-8-6-4-2/h13-16H,3-12H2,1-2H3. The fourth-order valence-electron chi connectivity index (χ4n) is 3.68. The van der Waals surface area contributed by atoms with Crippen LogP contribution in [0.3, 0.4) is 0 Å². The van der Waals surface area contributed by atoms with Crippen LogP contribution < -0.4 is 0 Å². The van der Waals surface area contributed by atoms with E-state index in [0.29, 0.717) is 0 Å². The molecule has 0 saturated heterocycles. The fraction of sp³-hybridized carbons (Fsp3) is 0.480. The lowest BCUT2D eigenvalue weighted by Gasteiger charge is -1.98. The van der Waals surface area contributed by atoms with E-state index in [9.17, 15) is 4.79 Å². The molecule has 0 unspecified atom stereocenters. The average Bonchev–Trinajstić information content (AvgIpc) is 3.45. The Kier molecular flexibility index (Phi) is 10.5. The summed E-state index contributed by atoms with van der Waals surface area (Å²) in [4.78, 5) is 16.6. The van der Waals surface area contributed by atoms with Crippen LogP contribution in [-0.2, 0) is 12.8 Å². The highest BCUT2D eigenvalue weighted by atomic mass is 79.9. The number of aldehydes is 1.